The van der Waals surface area contributed by atoms with E-state index in [1.165, 1.54) is 28.9 Å². The summed E-state index contributed by atoms with van der Waals surface area (Å²) in [6, 6.07) is 12.1. The van der Waals surface area contributed by atoms with Crippen molar-refractivity contribution in [1.82, 2.24) is 15.1 Å². The molecule has 2 heterocycles. The van der Waals surface area contributed by atoms with Crippen molar-refractivity contribution in [2.24, 2.45) is 0 Å². The van der Waals surface area contributed by atoms with E-state index in [1.807, 2.05) is 0 Å². The molecule has 0 aliphatic carbocycles. The number of nitrogens with zero attached hydrogens (tertiary/aromatic N) is 3. The Balaban J connectivity index is 1.65. The molecule has 0 bridgehead atoms. The van der Waals surface area contributed by atoms with Crippen LogP contribution in [0.2, 0.25) is 5.02 Å². The molecule has 1 unspecified atom stereocenters. The number of aromatic nitrogens is 2. The van der Waals surface area contributed by atoms with Gasteiger partial charge in [-0.3, -0.25) is 4.79 Å². The topological polar surface area (TPSA) is 87.5 Å². The summed E-state index contributed by atoms with van der Waals surface area (Å²) in [4.78, 5) is 25.8. The second-order valence-corrected chi connectivity index (χ2v) is 8.31. The smallest absolute Gasteiger partial charge is 0.436 e. The van der Waals surface area contributed by atoms with E-state index in [9.17, 15) is 22.8 Å². The molecule has 2 aromatic carbocycles. The van der Waals surface area contributed by atoms with Gasteiger partial charge in [0.2, 0.25) is 0 Å². The number of nitrogens with one attached hydrogen (secondary N) is 1. The first-order chi connectivity index (χ1) is 16.1. The standard InChI is InChI=1S/C23H20ClF3N4O3/c1-13(14-6-8-15(9-7-14)22(33)34)28-20(32)18-19(23(25,26)27)29-31-11-10-30(21(18)31)12-16-4-2-3-5-17(16)24/h2-9,13H,10-12H2,1H3,(H,28,32)(H,33,34). The Bertz CT molecular complexity index is 1240. The predicted molar refractivity (Wildman–Crippen MR) is 119 cm³/mol. The highest BCUT2D eigenvalue weighted by atomic mass is 35.5. The molecular formula is C23H20ClF3N4O3. The lowest BCUT2D eigenvalue weighted by molar-refractivity contribution is -0.141. The quantitative estimate of drug-likeness (QED) is 0.518. The third-order valence-corrected chi connectivity index (χ3v) is 6.00. The second kappa shape index (κ2) is 9.02. The van der Waals surface area contributed by atoms with Gasteiger partial charge in [0.25, 0.3) is 5.91 Å². The first kappa shape index (κ1) is 23.6. The van der Waals surface area contributed by atoms with Crippen molar-refractivity contribution < 1.29 is 27.9 Å². The van der Waals surface area contributed by atoms with E-state index < -0.39 is 35.4 Å². The van der Waals surface area contributed by atoms with Gasteiger partial charge in [-0.25, -0.2) is 9.48 Å². The molecule has 2 N–H and O–H groups in total. The minimum atomic E-state index is -4.83. The molecule has 3 aromatic rings. The van der Waals surface area contributed by atoms with Crippen LogP contribution >= 0.6 is 11.6 Å². The molecule has 1 amide bonds. The number of hydrogen-bond acceptors (Lipinski definition) is 4. The fourth-order valence-electron chi connectivity index (χ4n) is 3.91. The Morgan fingerprint density at radius 3 is 2.44 bits per heavy atom. The van der Waals surface area contributed by atoms with Crippen LogP contribution in [-0.2, 0) is 19.3 Å². The van der Waals surface area contributed by atoms with Crippen LogP contribution in [-0.4, -0.2) is 33.3 Å². The van der Waals surface area contributed by atoms with Crippen molar-refractivity contribution in [2.45, 2.75) is 32.2 Å². The van der Waals surface area contributed by atoms with Gasteiger partial charge in [-0.15, -0.1) is 0 Å². The molecule has 0 radical (unpaired) electrons. The average molecular weight is 493 g/mol. The summed E-state index contributed by atoms with van der Waals surface area (Å²) in [6.45, 7) is 2.39. The highest BCUT2D eigenvalue weighted by molar-refractivity contribution is 6.31. The summed E-state index contributed by atoms with van der Waals surface area (Å²) in [5.41, 5.74) is -0.482. The van der Waals surface area contributed by atoms with Crippen LogP contribution in [0.25, 0.3) is 0 Å². The predicted octanol–water partition coefficient (Wildman–Crippen LogP) is 4.76. The highest BCUT2D eigenvalue weighted by Crippen LogP contribution is 2.39. The van der Waals surface area contributed by atoms with Crippen LogP contribution in [0.3, 0.4) is 0 Å². The first-order valence-corrected chi connectivity index (χ1v) is 10.7. The van der Waals surface area contributed by atoms with Crippen molar-refractivity contribution in [3.05, 3.63) is 81.5 Å². The Kier molecular flexibility index (Phi) is 6.26. The number of halogens is 4. The lowest BCUT2D eigenvalue weighted by Crippen LogP contribution is -2.31. The van der Waals surface area contributed by atoms with Gasteiger partial charge >= 0.3 is 12.1 Å². The fourth-order valence-corrected chi connectivity index (χ4v) is 4.11. The number of anilines is 1. The van der Waals surface area contributed by atoms with E-state index in [2.05, 4.69) is 10.4 Å². The van der Waals surface area contributed by atoms with Crippen LogP contribution in [0, 0.1) is 0 Å². The molecule has 11 heteroatoms. The van der Waals surface area contributed by atoms with E-state index in [1.54, 1.807) is 36.1 Å². The molecule has 0 fully saturated rings. The van der Waals surface area contributed by atoms with Crippen molar-refractivity contribution in [2.75, 3.05) is 11.4 Å². The van der Waals surface area contributed by atoms with Crippen LogP contribution in [0.4, 0.5) is 19.0 Å². The monoisotopic (exact) mass is 492 g/mol. The lowest BCUT2D eigenvalue weighted by Gasteiger charge is -2.21. The van der Waals surface area contributed by atoms with Gasteiger partial charge in [-0.2, -0.15) is 18.3 Å². The number of fused-ring (bicyclic) bond motifs is 1. The zero-order chi connectivity index (χ0) is 24.6. The normalized spacial score (nSPS) is 14.1. The summed E-state index contributed by atoms with van der Waals surface area (Å²) in [5, 5.41) is 15.8. The van der Waals surface area contributed by atoms with Crippen LogP contribution in [0.5, 0.6) is 0 Å². The lowest BCUT2D eigenvalue weighted by atomic mass is 10.1. The maximum Gasteiger partial charge on any atom is 0.436 e. The minimum Gasteiger partial charge on any atom is -0.478 e. The number of rotatable bonds is 6. The van der Waals surface area contributed by atoms with Gasteiger partial charge < -0.3 is 15.3 Å². The maximum absolute atomic E-state index is 13.8. The Hall–Kier alpha value is -3.53. The zero-order valence-electron chi connectivity index (χ0n) is 17.9. The van der Waals surface area contributed by atoms with Gasteiger partial charge in [-0.1, -0.05) is 41.9 Å². The Morgan fingerprint density at radius 2 is 1.82 bits per heavy atom. The second-order valence-electron chi connectivity index (χ2n) is 7.90. The molecule has 0 saturated carbocycles. The Labute approximate surface area is 197 Å². The van der Waals surface area contributed by atoms with E-state index in [4.69, 9.17) is 16.7 Å². The van der Waals surface area contributed by atoms with Crippen LogP contribution in [0.15, 0.2) is 48.5 Å². The summed E-state index contributed by atoms with van der Waals surface area (Å²) in [6.07, 6.45) is -4.83. The number of carboxylic acids is 1. The summed E-state index contributed by atoms with van der Waals surface area (Å²) >= 11 is 6.23. The molecule has 1 aromatic heterocycles. The van der Waals surface area contributed by atoms with E-state index in [-0.39, 0.29) is 24.5 Å². The van der Waals surface area contributed by atoms with Crippen molar-refractivity contribution in [3.63, 3.8) is 0 Å². The number of aromatic carboxylic acids is 1. The summed E-state index contributed by atoms with van der Waals surface area (Å²) in [7, 11) is 0. The van der Waals surface area contributed by atoms with E-state index >= 15 is 0 Å². The molecule has 34 heavy (non-hydrogen) atoms. The van der Waals surface area contributed by atoms with Gasteiger partial charge in [0, 0.05) is 18.1 Å². The molecule has 4 rings (SSSR count). The molecule has 178 valence electrons. The van der Waals surface area contributed by atoms with Gasteiger partial charge in [0.15, 0.2) is 5.69 Å². The number of hydrogen-bond donors (Lipinski definition) is 2. The van der Waals surface area contributed by atoms with Crippen LogP contribution in [0.1, 0.15) is 50.5 Å². The molecule has 0 saturated heterocycles. The largest absolute Gasteiger partial charge is 0.478 e. The summed E-state index contributed by atoms with van der Waals surface area (Å²) < 4.78 is 42.6. The van der Waals surface area contributed by atoms with E-state index in [0.717, 1.165) is 0 Å². The van der Waals surface area contributed by atoms with E-state index in [0.29, 0.717) is 22.7 Å². The van der Waals surface area contributed by atoms with Gasteiger partial charge in [0.1, 0.15) is 11.4 Å². The molecular weight excluding hydrogens is 473 g/mol. The Morgan fingerprint density at radius 1 is 1.15 bits per heavy atom. The van der Waals surface area contributed by atoms with Crippen molar-refractivity contribution in [1.29, 1.82) is 0 Å². The third-order valence-electron chi connectivity index (χ3n) is 5.63. The third kappa shape index (κ3) is 4.58. The molecule has 1 atom stereocenters. The highest BCUT2D eigenvalue weighted by Gasteiger charge is 2.44. The van der Waals surface area contributed by atoms with Gasteiger partial charge in [0.05, 0.1) is 18.2 Å². The zero-order valence-corrected chi connectivity index (χ0v) is 18.7. The van der Waals surface area contributed by atoms with Crippen molar-refractivity contribution in [3.8, 4) is 0 Å². The summed E-state index contributed by atoms with van der Waals surface area (Å²) in [5.74, 6) is -1.94. The minimum absolute atomic E-state index is 0.0614. The van der Waals surface area contributed by atoms with Crippen molar-refractivity contribution >= 4 is 29.3 Å². The fraction of sp³-hybridized carbons (Fsp3) is 0.261. The molecule has 1 aliphatic heterocycles. The number of alkyl halides is 3. The number of amides is 1. The average Bonchev–Trinajstić information content (AvgIpc) is 3.35. The first-order valence-electron chi connectivity index (χ1n) is 10.4. The number of carbonyl (C=O) groups is 2. The maximum atomic E-state index is 13.8. The molecule has 1 aliphatic rings. The SMILES string of the molecule is CC(NC(=O)c1c(C(F)(F)F)nn2c1N(Cc1ccccc1Cl)CC2)c1ccc(C(=O)O)cc1. The number of benzene rings is 2. The van der Waals surface area contributed by atoms with Crippen LogP contribution < -0.4 is 10.2 Å². The number of carbonyl (C=O) groups excluding carboxylic acids is 1. The van der Waals surface area contributed by atoms with Gasteiger partial charge in [-0.05, 0) is 36.2 Å². The molecule has 0 spiro atoms. The number of carboxylic acid groups (broad SMARTS) is 1. The molecule has 7 nitrogen and oxygen atoms in total.